The van der Waals surface area contributed by atoms with Crippen LogP contribution < -0.4 is 10.1 Å². The summed E-state index contributed by atoms with van der Waals surface area (Å²) in [7, 11) is 0. The van der Waals surface area contributed by atoms with Crippen molar-refractivity contribution in [3.63, 3.8) is 0 Å². The molecule has 1 unspecified atom stereocenters. The molecule has 0 radical (unpaired) electrons. The number of hydrogen-bond donors (Lipinski definition) is 1. The van der Waals surface area contributed by atoms with Crippen molar-refractivity contribution in [1.82, 2.24) is 15.2 Å². The summed E-state index contributed by atoms with van der Waals surface area (Å²) in [5.74, 6) is -0.255. The third-order valence-electron chi connectivity index (χ3n) is 4.25. The van der Waals surface area contributed by atoms with Crippen molar-refractivity contribution in [3.8, 4) is 5.75 Å². The van der Waals surface area contributed by atoms with E-state index in [1.807, 2.05) is 0 Å². The van der Waals surface area contributed by atoms with Gasteiger partial charge in [0.05, 0.1) is 6.54 Å². The number of urea groups is 1. The summed E-state index contributed by atoms with van der Waals surface area (Å²) in [4.78, 5) is 30.7. The number of amides is 3. The number of carbonyl (C=O) groups is 2. The molecule has 0 bridgehead atoms. The van der Waals surface area contributed by atoms with Crippen LogP contribution in [0.3, 0.4) is 0 Å². The van der Waals surface area contributed by atoms with Crippen molar-refractivity contribution in [2.24, 2.45) is 0 Å². The van der Waals surface area contributed by atoms with Crippen molar-refractivity contribution >= 4 is 34.9 Å². The Balaban J connectivity index is 1.62. The fraction of sp³-hybridized carbons (Fsp3) is 0.353. The highest BCUT2D eigenvalue weighted by molar-refractivity contribution is 7.15. The van der Waals surface area contributed by atoms with E-state index in [4.69, 9.17) is 11.6 Å². The van der Waals surface area contributed by atoms with E-state index in [1.54, 1.807) is 19.1 Å². The van der Waals surface area contributed by atoms with Crippen LogP contribution in [0.15, 0.2) is 30.5 Å². The monoisotopic (exact) mass is 415 g/mol. The zero-order chi connectivity index (χ0) is 19.6. The normalized spacial score (nSPS) is 19.7. The van der Waals surface area contributed by atoms with Gasteiger partial charge in [0.25, 0.3) is 5.91 Å². The van der Waals surface area contributed by atoms with E-state index >= 15 is 0 Å². The fourth-order valence-electron chi connectivity index (χ4n) is 2.80. The molecule has 27 heavy (non-hydrogen) atoms. The molecule has 3 amide bonds. The number of ether oxygens (including phenoxy) is 1. The number of hydrogen-bond acceptors (Lipinski definition) is 5. The Morgan fingerprint density at radius 2 is 2.04 bits per heavy atom. The molecule has 0 aliphatic carbocycles. The van der Waals surface area contributed by atoms with Crippen LogP contribution in [-0.4, -0.2) is 34.0 Å². The van der Waals surface area contributed by atoms with E-state index in [9.17, 15) is 18.4 Å². The van der Waals surface area contributed by atoms with Gasteiger partial charge in [-0.25, -0.2) is 9.78 Å². The number of carbonyl (C=O) groups excluding carboxylic acids is 2. The molecular weight excluding hydrogens is 400 g/mol. The minimum Gasteiger partial charge on any atom is -0.435 e. The number of nitrogens with zero attached hydrogens (tertiary/aromatic N) is 2. The molecule has 2 aromatic rings. The highest BCUT2D eigenvalue weighted by Crippen LogP contribution is 2.27. The second-order valence-electron chi connectivity index (χ2n) is 6.26. The summed E-state index contributed by atoms with van der Waals surface area (Å²) in [6, 6.07) is 5.73. The Bertz CT molecular complexity index is 846. The van der Waals surface area contributed by atoms with Gasteiger partial charge >= 0.3 is 12.6 Å². The fourth-order valence-corrected chi connectivity index (χ4v) is 3.77. The second-order valence-corrected chi connectivity index (χ2v) is 7.95. The molecule has 0 saturated carbocycles. The summed E-state index contributed by atoms with van der Waals surface area (Å²) in [6.07, 6.45) is 2.39. The molecule has 1 fully saturated rings. The number of thiazole rings is 1. The van der Waals surface area contributed by atoms with Gasteiger partial charge in [-0.05, 0) is 37.5 Å². The lowest BCUT2D eigenvalue weighted by atomic mass is 9.93. The molecular formula is C17H16ClF2N3O3S. The van der Waals surface area contributed by atoms with Crippen LogP contribution in [0.5, 0.6) is 5.75 Å². The summed E-state index contributed by atoms with van der Waals surface area (Å²) in [6.45, 7) is -1.09. The van der Waals surface area contributed by atoms with E-state index in [0.717, 1.165) is 10.5 Å². The van der Waals surface area contributed by atoms with Crippen LogP contribution in [0.2, 0.25) is 4.47 Å². The van der Waals surface area contributed by atoms with Gasteiger partial charge in [0, 0.05) is 11.1 Å². The molecule has 0 spiro atoms. The van der Waals surface area contributed by atoms with Gasteiger partial charge in [-0.2, -0.15) is 8.78 Å². The molecule has 1 aliphatic heterocycles. The van der Waals surface area contributed by atoms with Crippen LogP contribution in [0.1, 0.15) is 23.8 Å². The number of halogens is 3. The van der Waals surface area contributed by atoms with Gasteiger partial charge in [0.2, 0.25) is 0 Å². The first-order valence-electron chi connectivity index (χ1n) is 8.05. The lowest BCUT2D eigenvalue weighted by Crippen LogP contribution is -2.44. The lowest BCUT2D eigenvalue weighted by Gasteiger charge is -2.21. The zero-order valence-corrected chi connectivity index (χ0v) is 15.8. The molecule has 6 nitrogen and oxygen atoms in total. The molecule has 3 rings (SSSR count). The Labute approximate surface area is 163 Å². The summed E-state index contributed by atoms with van der Waals surface area (Å²) >= 11 is 6.99. The van der Waals surface area contributed by atoms with E-state index in [0.29, 0.717) is 22.2 Å². The number of benzene rings is 1. The van der Waals surface area contributed by atoms with Gasteiger partial charge in [-0.15, -0.1) is 11.3 Å². The first-order chi connectivity index (χ1) is 12.8. The van der Waals surface area contributed by atoms with Gasteiger partial charge in [-0.1, -0.05) is 23.7 Å². The van der Waals surface area contributed by atoms with Gasteiger partial charge < -0.3 is 10.1 Å². The minimum absolute atomic E-state index is 0.0691. The quantitative estimate of drug-likeness (QED) is 0.697. The zero-order valence-electron chi connectivity index (χ0n) is 14.2. The number of rotatable bonds is 7. The molecule has 1 aromatic heterocycles. The van der Waals surface area contributed by atoms with Crippen LogP contribution in [0.25, 0.3) is 0 Å². The number of imide groups is 1. The van der Waals surface area contributed by atoms with Crippen molar-refractivity contribution in [2.75, 3.05) is 0 Å². The standard InChI is InChI=1S/C17H16ClF2N3O3S/c1-17(7-6-10-2-4-11(5-3-10)26-15(19)20)13(24)23(16(25)22-17)9-12-8-21-14(18)27-12/h2-5,8,15H,6-7,9H2,1H3,(H,22,25). The highest BCUT2D eigenvalue weighted by atomic mass is 35.5. The molecule has 1 N–H and O–H groups in total. The topological polar surface area (TPSA) is 71.5 Å². The first kappa shape index (κ1) is 19.5. The molecule has 144 valence electrons. The van der Waals surface area contributed by atoms with Crippen molar-refractivity contribution < 1.29 is 23.1 Å². The Morgan fingerprint density at radius 1 is 1.33 bits per heavy atom. The Morgan fingerprint density at radius 3 is 2.63 bits per heavy atom. The first-order valence-corrected chi connectivity index (χ1v) is 9.24. The average Bonchev–Trinajstić information content (AvgIpc) is 3.11. The molecule has 2 heterocycles. The number of aryl methyl sites for hydroxylation is 1. The van der Waals surface area contributed by atoms with Crippen LogP contribution >= 0.6 is 22.9 Å². The summed E-state index contributed by atoms with van der Waals surface area (Å²) in [5, 5.41) is 2.73. The number of nitrogens with one attached hydrogen (secondary N) is 1. The molecule has 10 heteroatoms. The van der Waals surface area contributed by atoms with Crippen LogP contribution in [0, 0.1) is 0 Å². The predicted octanol–water partition coefficient (Wildman–Crippen LogP) is 3.84. The SMILES string of the molecule is CC1(CCc2ccc(OC(F)F)cc2)NC(=O)N(Cc2cnc(Cl)s2)C1=O. The minimum atomic E-state index is -2.87. The molecule has 1 atom stereocenters. The van der Waals surface area contributed by atoms with Gasteiger partial charge in [0.1, 0.15) is 11.3 Å². The predicted molar refractivity (Wildman–Crippen MR) is 96.0 cm³/mol. The largest absolute Gasteiger partial charge is 0.435 e. The number of alkyl halides is 2. The van der Waals surface area contributed by atoms with E-state index in [1.165, 1.54) is 29.7 Å². The van der Waals surface area contributed by atoms with Crippen molar-refractivity contribution in [2.45, 2.75) is 38.5 Å². The Hall–Kier alpha value is -2.26. The maximum Gasteiger partial charge on any atom is 0.387 e. The van der Waals surface area contributed by atoms with Crippen molar-refractivity contribution in [3.05, 3.63) is 45.4 Å². The van der Waals surface area contributed by atoms with Crippen molar-refractivity contribution in [1.29, 1.82) is 0 Å². The van der Waals surface area contributed by atoms with Gasteiger partial charge in [0.15, 0.2) is 4.47 Å². The lowest BCUT2D eigenvalue weighted by molar-refractivity contribution is -0.131. The van der Waals surface area contributed by atoms with Crippen LogP contribution in [0.4, 0.5) is 13.6 Å². The molecule has 1 aromatic carbocycles. The van der Waals surface area contributed by atoms with E-state index < -0.39 is 18.2 Å². The van der Waals surface area contributed by atoms with Crippen LogP contribution in [-0.2, 0) is 17.8 Å². The smallest absolute Gasteiger partial charge is 0.387 e. The second kappa shape index (κ2) is 7.77. The summed E-state index contributed by atoms with van der Waals surface area (Å²) in [5.41, 5.74) is -0.198. The number of aromatic nitrogens is 1. The average molecular weight is 416 g/mol. The highest BCUT2D eigenvalue weighted by Gasteiger charge is 2.47. The Kier molecular flexibility index (Phi) is 5.61. The summed E-state index contributed by atoms with van der Waals surface area (Å²) < 4.78 is 29.0. The third-order valence-corrected chi connectivity index (χ3v) is 5.35. The maximum atomic E-state index is 12.7. The maximum absolute atomic E-state index is 12.7. The van der Waals surface area contributed by atoms with E-state index in [-0.39, 0.29) is 18.2 Å². The molecule has 1 aliphatic rings. The van der Waals surface area contributed by atoms with Gasteiger partial charge in [-0.3, -0.25) is 9.69 Å². The molecule has 1 saturated heterocycles. The van der Waals surface area contributed by atoms with E-state index in [2.05, 4.69) is 15.0 Å². The third kappa shape index (κ3) is 4.54.